The highest BCUT2D eigenvalue weighted by molar-refractivity contribution is 7.88. The summed E-state index contributed by atoms with van der Waals surface area (Å²) in [6.45, 7) is 1.80. The van der Waals surface area contributed by atoms with Gasteiger partial charge in [-0.25, -0.2) is 9.10 Å². The topological polar surface area (TPSA) is 93.9 Å². The summed E-state index contributed by atoms with van der Waals surface area (Å²) >= 11 is 0. The van der Waals surface area contributed by atoms with Crippen LogP contribution in [-0.4, -0.2) is 47.8 Å². The lowest BCUT2D eigenvalue weighted by atomic mass is 10.1. The molecular formula is C15H16N4O4S. The Morgan fingerprint density at radius 1 is 1.29 bits per heavy atom. The molecule has 2 aromatic rings. The standard InChI is InChI=1S/C15H16N4O4S/c1-4-23-15(20)14-8-12(17-24(21,22)19(14)3)10-5-6-13-11(7-10)9-16-18(13)2/h5-9H,4H2,1-3H3. The van der Waals surface area contributed by atoms with Crippen LogP contribution in [0.3, 0.4) is 0 Å². The van der Waals surface area contributed by atoms with E-state index < -0.39 is 16.2 Å². The van der Waals surface area contributed by atoms with E-state index in [2.05, 4.69) is 9.50 Å². The fourth-order valence-corrected chi connectivity index (χ4v) is 3.31. The smallest absolute Gasteiger partial charge is 0.355 e. The molecule has 0 radical (unpaired) electrons. The zero-order chi connectivity index (χ0) is 17.5. The van der Waals surface area contributed by atoms with Crippen molar-refractivity contribution >= 4 is 32.8 Å². The average Bonchev–Trinajstić information content (AvgIpc) is 2.90. The van der Waals surface area contributed by atoms with Crippen molar-refractivity contribution in [2.24, 2.45) is 11.4 Å². The van der Waals surface area contributed by atoms with Crippen LogP contribution < -0.4 is 0 Å². The third-order valence-electron chi connectivity index (χ3n) is 3.70. The molecule has 9 heteroatoms. The fourth-order valence-electron chi connectivity index (χ4n) is 2.41. The number of fused-ring (bicyclic) bond motifs is 1. The maximum Gasteiger partial charge on any atom is 0.355 e. The number of nitrogens with zero attached hydrogens (tertiary/aromatic N) is 4. The minimum atomic E-state index is -3.99. The first-order valence-corrected chi connectivity index (χ1v) is 8.63. The average molecular weight is 348 g/mol. The molecule has 8 nitrogen and oxygen atoms in total. The van der Waals surface area contributed by atoms with E-state index in [0.717, 1.165) is 15.2 Å². The number of ether oxygens (including phenoxy) is 1. The quantitative estimate of drug-likeness (QED) is 0.771. The maximum atomic E-state index is 12.2. The van der Waals surface area contributed by atoms with E-state index >= 15 is 0 Å². The van der Waals surface area contributed by atoms with Crippen molar-refractivity contribution in [3.8, 4) is 0 Å². The molecule has 0 amide bonds. The van der Waals surface area contributed by atoms with E-state index in [9.17, 15) is 13.2 Å². The third-order valence-corrected chi connectivity index (χ3v) is 5.02. The largest absolute Gasteiger partial charge is 0.461 e. The Labute approximate surface area is 139 Å². The van der Waals surface area contributed by atoms with Crippen molar-refractivity contribution in [3.63, 3.8) is 0 Å². The number of carbonyl (C=O) groups excluding carboxylic acids is 1. The maximum absolute atomic E-state index is 12.2. The Balaban J connectivity index is 2.11. The summed E-state index contributed by atoms with van der Waals surface area (Å²) in [6, 6.07) is 5.34. The predicted molar refractivity (Wildman–Crippen MR) is 88.6 cm³/mol. The number of likely N-dealkylation sites (N-methyl/N-ethyl adjacent to an activating group) is 1. The molecule has 0 saturated carbocycles. The molecule has 126 valence electrons. The third kappa shape index (κ3) is 2.67. The van der Waals surface area contributed by atoms with Crippen LogP contribution >= 0.6 is 0 Å². The van der Waals surface area contributed by atoms with Crippen LogP contribution in [0.1, 0.15) is 12.5 Å². The van der Waals surface area contributed by atoms with Crippen LogP contribution in [0.15, 0.2) is 40.6 Å². The summed E-state index contributed by atoms with van der Waals surface area (Å²) in [4.78, 5) is 12.0. The van der Waals surface area contributed by atoms with Crippen LogP contribution in [0.5, 0.6) is 0 Å². The molecule has 24 heavy (non-hydrogen) atoms. The molecule has 0 saturated heterocycles. The monoisotopic (exact) mass is 348 g/mol. The highest BCUT2D eigenvalue weighted by atomic mass is 32.2. The van der Waals surface area contributed by atoms with Gasteiger partial charge in [0, 0.05) is 25.0 Å². The van der Waals surface area contributed by atoms with Crippen molar-refractivity contribution in [3.05, 3.63) is 41.7 Å². The first kappa shape index (κ1) is 16.2. The zero-order valence-corrected chi connectivity index (χ0v) is 14.2. The Bertz CT molecular complexity index is 988. The van der Waals surface area contributed by atoms with Gasteiger partial charge in [0.05, 0.1) is 24.0 Å². The van der Waals surface area contributed by atoms with Gasteiger partial charge in [-0.15, -0.1) is 4.40 Å². The lowest BCUT2D eigenvalue weighted by molar-refractivity contribution is -0.139. The number of hydrogen-bond donors (Lipinski definition) is 0. The highest BCUT2D eigenvalue weighted by Crippen LogP contribution is 2.22. The number of rotatable bonds is 3. The zero-order valence-electron chi connectivity index (χ0n) is 13.4. The molecule has 0 fully saturated rings. The lowest BCUT2D eigenvalue weighted by Crippen LogP contribution is -2.34. The first-order chi connectivity index (χ1) is 11.3. The molecule has 0 N–H and O–H groups in total. The molecule has 1 aliphatic rings. The van der Waals surface area contributed by atoms with Gasteiger partial charge in [-0.05, 0) is 25.1 Å². The number of esters is 1. The number of allylic oxidation sites excluding steroid dienone is 1. The summed E-state index contributed by atoms with van der Waals surface area (Å²) < 4.78 is 35.7. The van der Waals surface area contributed by atoms with Gasteiger partial charge in [-0.1, -0.05) is 6.07 Å². The molecule has 1 aliphatic heterocycles. The van der Waals surface area contributed by atoms with Gasteiger partial charge in [-0.3, -0.25) is 4.68 Å². The fraction of sp³-hybridized carbons (Fsp3) is 0.267. The Morgan fingerprint density at radius 3 is 2.75 bits per heavy atom. The molecule has 2 heterocycles. The van der Waals surface area contributed by atoms with E-state index in [1.165, 1.54) is 13.1 Å². The molecule has 0 unspecified atom stereocenters. The summed E-state index contributed by atoms with van der Waals surface area (Å²) in [5.74, 6) is -0.710. The molecule has 1 aromatic heterocycles. The number of carbonyl (C=O) groups is 1. The molecule has 0 bridgehead atoms. The van der Waals surface area contributed by atoms with E-state index in [4.69, 9.17) is 4.74 Å². The Morgan fingerprint density at radius 2 is 2.04 bits per heavy atom. The van der Waals surface area contributed by atoms with Gasteiger partial charge >= 0.3 is 16.2 Å². The minimum absolute atomic E-state index is 0.0758. The number of aromatic nitrogens is 2. The normalized spacial score (nSPS) is 16.7. The van der Waals surface area contributed by atoms with E-state index in [1.54, 1.807) is 29.9 Å². The van der Waals surface area contributed by atoms with Crippen LogP contribution in [0.4, 0.5) is 0 Å². The SMILES string of the molecule is CCOC(=O)C1=CC(c2ccc3c(cnn3C)c2)=NS(=O)(=O)N1C. The van der Waals surface area contributed by atoms with Gasteiger partial charge < -0.3 is 4.74 Å². The van der Waals surface area contributed by atoms with E-state index in [1.807, 2.05) is 13.1 Å². The molecule has 0 aliphatic carbocycles. The summed E-state index contributed by atoms with van der Waals surface area (Å²) in [5, 5.41) is 5.00. The van der Waals surface area contributed by atoms with Crippen molar-refractivity contribution in [1.82, 2.24) is 14.1 Å². The lowest BCUT2D eigenvalue weighted by Gasteiger charge is -2.22. The van der Waals surface area contributed by atoms with Crippen molar-refractivity contribution in [2.75, 3.05) is 13.7 Å². The summed E-state index contributed by atoms with van der Waals surface area (Å²) in [5.41, 5.74) is 1.59. The number of aryl methyl sites for hydroxylation is 1. The van der Waals surface area contributed by atoms with Crippen molar-refractivity contribution in [2.45, 2.75) is 6.92 Å². The van der Waals surface area contributed by atoms with Gasteiger partial charge in [0.15, 0.2) is 0 Å². The van der Waals surface area contributed by atoms with E-state index in [0.29, 0.717) is 5.56 Å². The molecule has 0 atom stereocenters. The minimum Gasteiger partial charge on any atom is -0.461 e. The molecule has 3 rings (SSSR count). The Kier molecular flexibility index (Phi) is 3.88. The second kappa shape index (κ2) is 5.75. The van der Waals surface area contributed by atoms with Gasteiger partial charge in [0.2, 0.25) is 0 Å². The second-order valence-electron chi connectivity index (χ2n) is 5.21. The van der Waals surface area contributed by atoms with Crippen LogP contribution in [0.25, 0.3) is 10.9 Å². The van der Waals surface area contributed by atoms with Crippen molar-refractivity contribution < 1.29 is 17.9 Å². The number of hydrogen-bond acceptors (Lipinski definition) is 5. The summed E-state index contributed by atoms with van der Waals surface area (Å²) in [6.07, 6.45) is 3.09. The molecular weight excluding hydrogens is 332 g/mol. The van der Waals surface area contributed by atoms with Gasteiger partial charge in [0.25, 0.3) is 0 Å². The summed E-state index contributed by atoms with van der Waals surface area (Å²) in [7, 11) is -0.904. The first-order valence-electron chi connectivity index (χ1n) is 7.23. The van der Waals surface area contributed by atoms with Crippen molar-refractivity contribution in [1.29, 1.82) is 0 Å². The van der Waals surface area contributed by atoms with Gasteiger partial charge in [0.1, 0.15) is 5.70 Å². The predicted octanol–water partition coefficient (Wildman–Crippen LogP) is 1.000. The Hall–Kier alpha value is -2.68. The van der Waals surface area contributed by atoms with Crippen LogP contribution in [0, 0.1) is 0 Å². The van der Waals surface area contributed by atoms with Crippen LogP contribution in [-0.2, 0) is 26.8 Å². The number of benzene rings is 1. The second-order valence-corrected chi connectivity index (χ2v) is 6.84. The molecule has 0 spiro atoms. The molecule has 1 aromatic carbocycles. The van der Waals surface area contributed by atoms with E-state index in [-0.39, 0.29) is 18.0 Å². The van der Waals surface area contributed by atoms with Gasteiger partial charge in [-0.2, -0.15) is 13.5 Å². The highest BCUT2D eigenvalue weighted by Gasteiger charge is 2.30. The van der Waals surface area contributed by atoms with Crippen LogP contribution in [0.2, 0.25) is 0 Å².